The maximum atomic E-state index is 13.6. The van der Waals surface area contributed by atoms with E-state index in [-0.39, 0.29) is 5.91 Å². The van der Waals surface area contributed by atoms with Crippen molar-refractivity contribution < 1.29 is 4.79 Å². The predicted octanol–water partition coefficient (Wildman–Crippen LogP) is 6.93. The van der Waals surface area contributed by atoms with Crippen molar-refractivity contribution in [2.75, 3.05) is 0 Å². The van der Waals surface area contributed by atoms with Crippen LogP contribution >= 0.6 is 22.9 Å². The van der Waals surface area contributed by atoms with Crippen LogP contribution in [0.3, 0.4) is 0 Å². The van der Waals surface area contributed by atoms with Crippen molar-refractivity contribution >= 4 is 45.3 Å². The smallest absolute Gasteiger partial charge is 0.253 e. The lowest BCUT2D eigenvalue weighted by atomic mass is 10.0. The molecule has 0 radical (unpaired) electrons. The molecule has 0 spiro atoms. The van der Waals surface area contributed by atoms with Gasteiger partial charge >= 0.3 is 0 Å². The second-order valence-electron chi connectivity index (χ2n) is 9.24. The largest absolute Gasteiger partial charge is 0.324 e. The summed E-state index contributed by atoms with van der Waals surface area (Å²) in [6.07, 6.45) is 1.84. The minimum absolute atomic E-state index is 0.228. The number of aryl methyl sites for hydroxylation is 2. The highest BCUT2D eigenvalue weighted by Crippen LogP contribution is 2.37. The molecule has 0 bridgehead atoms. The van der Waals surface area contributed by atoms with Gasteiger partial charge in [-0.1, -0.05) is 74.0 Å². The molecular weight excluding hydrogens is 514 g/mol. The summed E-state index contributed by atoms with van der Waals surface area (Å²) in [7, 11) is 0. The van der Waals surface area contributed by atoms with E-state index < -0.39 is 6.17 Å². The van der Waals surface area contributed by atoms with E-state index in [1.54, 1.807) is 11.3 Å². The molecular formula is C30H26ClN5OS. The first-order chi connectivity index (χ1) is 18.6. The number of aliphatic imine (C=N–C) groups is 1. The van der Waals surface area contributed by atoms with Crippen molar-refractivity contribution in [3.8, 4) is 5.00 Å². The molecule has 0 aliphatic carbocycles. The number of nitrogens with zero attached hydrogens (tertiary/aromatic N) is 4. The molecule has 8 heteroatoms. The number of rotatable bonds is 6. The Balaban J connectivity index is 1.51. The fraction of sp³-hybridized carbons (Fsp3) is 0.200. The summed E-state index contributed by atoms with van der Waals surface area (Å²) >= 11 is 8.39. The lowest BCUT2D eigenvalue weighted by Crippen LogP contribution is -2.29. The number of nitrogens with one attached hydrogen (secondary N) is 1. The van der Waals surface area contributed by atoms with Crippen molar-refractivity contribution in [2.24, 2.45) is 4.99 Å². The molecule has 0 fully saturated rings. The fourth-order valence-electron chi connectivity index (χ4n) is 4.81. The van der Waals surface area contributed by atoms with E-state index >= 15 is 0 Å². The lowest BCUT2D eigenvalue weighted by Gasteiger charge is -2.15. The van der Waals surface area contributed by atoms with Gasteiger partial charge in [0, 0.05) is 33.0 Å². The van der Waals surface area contributed by atoms with Crippen LogP contribution in [-0.2, 0) is 12.8 Å². The third kappa shape index (κ3) is 4.31. The highest BCUT2D eigenvalue weighted by atomic mass is 35.5. The normalized spacial score (nSPS) is 14.5. The summed E-state index contributed by atoms with van der Waals surface area (Å²) < 4.78 is 2.08. The molecule has 1 aliphatic rings. The molecule has 6 nitrogen and oxygen atoms in total. The SMILES string of the molecule is CCCc1nnc2n1-c1sc(CC)cc1C(c1ccccc1Cl)=NC2NC(=O)c1ccc2ccccc2c1. The van der Waals surface area contributed by atoms with Crippen LogP contribution in [0.5, 0.6) is 0 Å². The van der Waals surface area contributed by atoms with Gasteiger partial charge in [-0.2, -0.15) is 0 Å². The zero-order valence-electron chi connectivity index (χ0n) is 21.1. The minimum atomic E-state index is -0.747. The minimum Gasteiger partial charge on any atom is -0.324 e. The third-order valence-corrected chi connectivity index (χ3v) is 8.30. The average Bonchev–Trinajstić information content (AvgIpc) is 3.52. The first kappa shape index (κ1) is 24.5. The molecule has 1 atom stereocenters. The Morgan fingerprint density at radius 2 is 1.76 bits per heavy atom. The Bertz CT molecular complexity index is 1700. The third-order valence-electron chi connectivity index (χ3n) is 6.71. The van der Waals surface area contributed by atoms with Crippen LogP contribution in [0.1, 0.15) is 64.4 Å². The summed E-state index contributed by atoms with van der Waals surface area (Å²) in [6, 6.07) is 23.6. The second kappa shape index (κ2) is 10.2. The number of fused-ring (bicyclic) bond motifs is 4. The lowest BCUT2D eigenvalue weighted by molar-refractivity contribution is 0.0936. The van der Waals surface area contributed by atoms with E-state index in [0.717, 1.165) is 57.7 Å². The summed E-state index contributed by atoms with van der Waals surface area (Å²) in [5, 5.41) is 15.9. The van der Waals surface area contributed by atoms with E-state index in [0.29, 0.717) is 16.4 Å². The summed E-state index contributed by atoms with van der Waals surface area (Å²) in [6.45, 7) is 4.26. The van der Waals surface area contributed by atoms with Crippen molar-refractivity contribution in [3.63, 3.8) is 0 Å². The van der Waals surface area contributed by atoms with Crippen molar-refractivity contribution in [1.82, 2.24) is 20.1 Å². The highest BCUT2D eigenvalue weighted by molar-refractivity contribution is 7.15. The van der Waals surface area contributed by atoms with Crippen LogP contribution in [0, 0.1) is 0 Å². The Hall–Kier alpha value is -3.81. The number of aromatic nitrogens is 3. The van der Waals surface area contributed by atoms with Gasteiger partial charge in [-0.25, -0.2) is 0 Å². The van der Waals surface area contributed by atoms with Gasteiger partial charge < -0.3 is 5.32 Å². The molecule has 3 aromatic carbocycles. The van der Waals surface area contributed by atoms with Crippen LogP contribution in [0.2, 0.25) is 5.02 Å². The number of benzene rings is 3. The molecule has 38 heavy (non-hydrogen) atoms. The number of carbonyl (C=O) groups is 1. The van der Waals surface area contributed by atoms with Crippen molar-refractivity contribution in [3.05, 3.63) is 111 Å². The van der Waals surface area contributed by atoms with Gasteiger partial charge in [0.15, 0.2) is 12.0 Å². The van der Waals surface area contributed by atoms with Gasteiger partial charge in [0.1, 0.15) is 10.8 Å². The average molecular weight is 540 g/mol. The second-order valence-corrected chi connectivity index (χ2v) is 10.8. The number of carbonyl (C=O) groups excluding carboxylic acids is 1. The van der Waals surface area contributed by atoms with E-state index in [1.807, 2.05) is 66.7 Å². The summed E-state index contributed by atoms with van der Waals surface area (Å²) in [5.41, 5.74) is 3.08. The zero-order valence-corrected chi connectivity index (χ0v) is 22.7. The van der Waals surface area contributed by atoms with E-state index in [9.17, 15) is 4.79 Å². The van der Waals surface area contributed by atoms with Crippen molar-refractivity contribution in [1.29, 1.82) is 0 Å². The molecule has 2 aromatic heterocycles. The van der Waals surface area contributed by atoms with Crippen LogP contribution < -0.4 is 5.32 Å². The molecule has 5 aromatic rings. The number of hydrogen-bond acceptors (Lipinski definition) is 5. The topological polar surface area (TPSA) is 72.2 Å². The standard InChI is InChI=1S/C30H26ClN5OS/c1-3-9-25-34-35-28-27(33-29(37)20-15-14-18-10-5-6-11-19(18)16-20)32-26(22-12-7-8-13-24(22)31)23-17-21(4-2)38-30(23)36(25)28/h5-8,10-17,27H,3-4,9H2,1-2H3,(H,33,37). The molecule has 0 saturated carbocycles. The Labute approximate surface area is 230 Å². The summed E-state index contributed by atoms with van der Waals surface area (Å²) in [4.78, 5) is 19.9. The van der Waals surface area contributed by atoms with Gasteiger partial charge in [-0.3, -0.25) is 14.4 Å². The molecule has 3 heterocycles. The monoisotopic (exact) mass is 539 g/mol. The molecule has 1 unspecified atom stereocenters. The fourth-order valence-corrected chi connectivity index (χ4v) is 6.17. The maximum absolute atomic E-state index is 13.6. The van der Waals surface area contributed by atoms with E-state index in [1.165, 1.54) is 4.88 Å². The maximum Gasteiger partial charge on any atom is 0.253 e. The zero-order chi connectivity index (χ0) is 26.2. The number of hydrogen-bond donors (Lipinski definition) is 1. The van der Waals surface area contributed by atoms with Gasteiger partial charge in [0.05, 0.1) is 5.71 Å². The quantitative estimate of drug-likeness (QED) is 0.254. The first-order valence-corrected chi connectivity index (χ1v) is 14.0. The van der Waals surface area contributed by atoms with Gasteiger partial charge in [0.25, 0.3) is 5.91 Å². The molecule has 190 valence electrons. The molecule has 1 aliphatic heterocycles. The highest BCUT2D eigenvalue weighted by Gasteiger charge is 2.32. The Morgan fingerprint density at radius 1 is 0.974 bits per heavy atom. The molecule has 1 amide bonds. The van der Waals surface area contributed by atoms with Crippen LogP contribution in [-0.4, -0.2) is 26.4 Å². The van der Waals surface area contributed by atoms with Crippen LogP contribution in [0.25, 0.3) is 15.8 Å². The predicted molar refractivity (Wildman–Crippen MR) is 154 cm³/mol. The first-order valence-electron chi connectivity index (χ1n) is 12.8. The van der Waals surface area contributed by atoms with Crippen LogP contribution in [0.15, 0.2) is 77.8 Å². The summed E-state index contributed by atoms with van der Waals surface area (Å²) in [5.74, 6) is 1.22. The Kier molecular flexibility index (Phi) is 6.55. The van der Waals surface area contributed by atoms with E-state index in [2.05, 4.69) is 40.0 Å². The Morgan fingerprint density at radius 3 is 2.55 bits per heavy atom. The van der Waals surface area contributed by atoms with E-state index in [4.69, 9.17) is 16.6 Å². The molecule has 1 N–H and O–H groups in total. The van der Waals surface area contributed by atoms with Gasteiger partial charge in [0.2, 0.25) is 0 Å². The van der Waals surface area contributed by atoms with Gasteiger partial charge in [-0.15, -0.1) is 21.5 Å². The number of halogens is 1. The number of amides is 1. The van der Waals surface area contributed by atoms with Crippen LogP contribution in [0.4, 0.5) is 0 Å². The molecule has 0 saturated heterocycles. The molecule has 6 rings (SSSR count). The van der Waals surface area contributed by atoms with Gasteiger partial charge in [-0.05, 0) is 47.9 Å². The number of thiophene rings is 1. The van der Waals surface area contributed by atoms with Crippen molar-refractivity contribution in [2.45, 2.75) is 39.3 Å².